The summed E-state index contributed by atoms with van der Waals surface area (Å²) in [6, 6.07) is 19.3. The smallest absolute Gasteiger partial charge is 0.333 e. The van der Waals surface area contributed by atoms with Crippen molar-refractivity contribution in [2.75, 3.05) is 38.2 Å². The number of amides is 2. The Morgan fingerprint density at radius 2 is 1.69 bits per heavy atom. The molecular formula is C33H39FN2O6. The number of halogens is 1. The summed E-state index contributed by atoms with van der Waals surface area (Å²) in [5.41, 5.74) is 5.13. The molecule has 2 amide bonds. The molecule has 0 saturated heterocycles. The van der Waals surface area contributed by atoms with Gasteiger partial charge in [-0.2, -0.15) is 0 Å². The van der Waals surface area contributed by atoms with Crippen molar-refractivity contribution in [2.45, 2.75) is 51.7 Å². The Labute approximate surface area is 246 Å². The fourth-order valence-electron chi connectivity index (χ4n) is 4.92. The van der Waals surface area contributed by atoms with Crippen LogP contribution in [0.5, 0.6) is 5.75 Å². The van der Waals surface area contributed by atoms with E-state index in [0.717, 1.165) is 36.1 Å². The number of rotatable bonds is 16. The van der Waals surface area contributed by atoms with Crippen molar-refractivity contribution in [3.05, 3.63) is 94.8 Å². The van der Waals surface area contributed by atoms with Gasteiger partial charge in [-0.05, 0) is 91.3 Å². The van der Waals surface area contributed by atoms with Crippen LogP contribution in [0.1, 0.15) is 42.0 Å². The quantitative estimate of drug-likeness (QED) is 0.207. The molecule has 3 aromatic carbocycles. The summed E-state index contributed by atoms with van der Waals surface area (Å²) in [6.07, 6.45) is 3.25. The van der Waals surface area contributed by atoms with E-state index in [1.165, 1.54) is 23.3 Å². The van der Waals surface area contributed by atoms with Gasteiger partial charge in [-0.1, -0.05) is 30.3 Å². The average Bonchev–Trinajstić information content (AvgIpc) is 3.45. The fourth-order valence-corrected chi connectivity index (χ4v) is 4.92. The van der Waals surface area contributed by atoms with Gasteiger partial charge in [-0.15, -0.1) is 0 Å². The van der Waals surface area contributed by atoms with Crippen molar-refractivity contribution in [3.63, 3.8) is 0 Å². The molecule has 42 heavy (non-hydrogen) atoms. The van der Waals surface area contributed by atoms with Crippen LogP contribution in [0.4, 0.5) is 14.9 Å². The molecule has 0 bridgehead atoms. The number of aryl methyl sites for hydroxylation is 2. The zero-order valence-corrected chi connectivity index (χ0v) is 24.0. The van der Waals surface area contributed by atoms with Gasteiger partial charge in [0.15, 0.2) is 6.10 Å². The summed E-state index contributed by atoms with van der Waals surface area (Å²) < 4.78 is 30.1. The molecule has 0 spiro atoms. The first-order valence-electron chi connectivity index (χ1n) is 14.5. The molecule has 2 N–H and O–H groups in total. The first-order valence-corrected chi connectivity index (χ1v) is 14.5. The number of aliphatic carboxylic acids is 1. The van der Waals surface area contributed by atoms with Crippen molar-refractivity contribution >= 4 is 17.7 Å². The molecule has 224 valence electrons. The Balaban J connectivity index is 1.29. The molecule has 1 aliphatic rings. The highest BCUT2D eigenvalue weighted by Gasteiger charge is 2.18. The second kappa shape index (κ2) is 15.9. The molecule has 1 atom stereocenters. The second-order valence-corrected chi connectivity index (χ2v) is 10.3. The highest BCUT2D eigenvalue weighted by molar-refractivity contribution is 5.89. The van der Waals surface area contributed by atoms with E-state index in [9.17, 15) is 19.1 Å². The molecule has 0 aromatic heterocycles. The van der Waals surface area contributed by atoms with Crippen molar-refractivity contribution in [3.8, 4) is 5.75 Å². The molecule has 0 fully saturated rings. The van der Waals surface area contributed by atoms with Gasteiger partial charge in [0.05, 0.1) is 13.2 Å². The van der Waals surface area contributed by atoms with Crippen LogP contribution < -0.4 is 10.1 Å². The maximum Gasteiger partial charge on any atom is 0.333 e. The first kappa shape index (κ1) is 31.0. The number of ether oxygens (including phenoxy) is 3. The number of carboxylic acids is 1. The molecule has 4 rings (SSSR count). The zero-order valence-electron chi connectivity index (χ0n) is 24.0. The van der Waals surface area contributed by atoms with E-state index in [-0.39, 0.29) is 24.9 Å². The van der Waals surface area contributed by atoms with E-state index in [2.05, 4.69) is 17.4 Å². The molecule has 8 nitrogen and oxygen atoms in total. The predicted molar refractivity (Wildman–Crippen MR) is 158 cm³/mol. The Hall–Kier alpha value is -3.95. The number of nitrogens with zero attached hydrogens (tertiary/aromatic N) is 1. The molecule has 0 aliphatic heterocycles. The SMILES string of the molecule is CCOC(Cc1ccc(OCCN(CCCOCc2ccc(F)cc2)C(=O)Nc2ccc3c(c2)CCC3)cc1)C(=O)O. The highest BCUT2D eigenvalue weighted by atomic mass is 19.1. The predicted octanol–water partition coefficient (Wildman–Crippen LogP) is 5.87. The van der Waals surface area contributed by atoms with Crippen molar-refractivity contribution in [1.82, 2.24) is 4.90 Å². The third-order valence-corrected chi connectivity index (χ3v) is 7.15. The summed E-state index contributed by atoms with van der Waals surface area (Å²) in [6.45, 7) is 4.03. The normalized spacial score (nSPS) is 12.9. The zero-order chi connectivity index (χ0) is 29.7. The largest absolute Gasteiger partial charge is 0.492 e. The van der Waals surface area contributed by atoms with E-state index in [4.69, 9.17) is 14.2 Å². The molecule has 0 heterocycles. The molecule has 1 aliphatic carbocycles. The standard InChI is InChI=1S/C33H39FN2O6/c1-2-41-31(32(37)38)21-24-9-15-30(16-10-24)42-20-18-36(17-4-19-40-23-25-7-12-28(34)13-8-25)33(39)35-29-14-11-26-5-3-6-27(26)22-29/h7-16,22,31H,2-6,17-21,23H2,1H3,(H,35,39)(H,37,38). The van der Waals surface area contributed by atoms with E-state index < -0.39 is 12.1 Å². The van der Waals surface area contributed by atoms with Gasteiger partial charge < -0.3 is 29.5 Å². The van der Waals surface area contributed by atoms with E-state index in [1.807, 2.05) is 18.2 Å². The summed E-state index contributed by atoms with van der Waals surface area (Å²) in [5, 5.41) is 12.3. The van der Waals surface area contributed by atoms with Crippen LogP contribution in [-0.2, 0) is 40.1 Å². The van der Waals surface area contributed by atoms with Gasteiger partial charge in [0, 0.05) is 31.9 Å². The van der Waals surface area contributed by atoms with Crippen LogP contribution in [0.2, 0.25) is 0 Å². The molecule has 0 radical (unpaired) electrons. The van der Waals surface area contributed by atoms with E-state index in [0.29, 0.717) is 45.1 Å². The molecule has 0 saturated carbocycles. The van der Waals surface area contributed by atoms with E-state index in [1.54, 1.807) is 36.1 Å². The number of carbonyl (C=O) groups is 2. The lowest BCUT2D eigenvalue weighted by Gasteiger charge is -2.23. The van der Waals surface area contributed by atoms with Gasteiger partial charge >= 0.3 is 12.0 Å². The minimum absolute atomic E-state index is 0.207. The number of anilines is 1. The lowest BCUT2D eigenvalue weighted by Crippen LogP contribution is -2.39. The highest BCUT2D eigenvalue weighted by Crippen LogP contribution is 2.25. The number of nitrogens with one attached hydrogen (secondary N) is 1. The monoisotopic (exact) mass is 578 g/mol. The summed E-state index contributed by atoms with van der Waals surface area (Å²) >= 11 is 0. The van der Waals surface area contributed by atoms with Crippen molar-refractivity contribution < 1.29 is 33.3 Å². The Bertz CT molecular complexity index is 1300. The maximum atomic E-state index is 13.3. The third kappa shape index (κ3) is 9.56. The molecule has 1 unspecified atom stereocenters. The van der Waals surface area contributed by atoms with Gasteiger partial charge in [0.25, 0.3) is 0 Å². The van der Waals surface area contributed by atoms with Gasteiger partial charge in [0.1, 0.15) is 18.2 Å². The van der Waals surface area contributed by atoms with Gasteiger partial charge in [0.2, 0.25) is 0 Å². The maximum absolute atomic E-state index is 13.3. The molecule has 9 heteroatoms. The Morgan fingerprint density at radius 3 is 2.43 bits per heavy atom. The minimum atomic E-state index is -0.990. The Morgan fingerprint density at radius 1 is 0.952 bits per heavy atom. The second-order valence-electron chi connectivity index (χ2n) is 10.3. The van der Waals surface area contributed by atoms with Crippen LogP contribution in [0, 0.1) is 5.82 Å². The summed E-state index contributed by atoms with van der Waals surface area (Å²) in [4.78, 5) is 26.3. The van der Waals surface area contributed by atoms with E-state index >= 15 is 0 Å². The van der Waals surface area contributed by atoms with Crippen molar-refractivity contribution in [1.29, 1.82) is 0 Å². The third-order valence-electron chi connectivity index (χ3n) is 7.15. The number of hydrogen-bond donors (Lipinski definition) is 2. The topological polar surface area (TPSA) is 97.3 Å². The van der Waals surface area contributed by atoms with Crippen LogP contribution in [0.25, 0.3) is 0 Å². The number of benzene rings is 3. The van der Waals surface area contributed by atoms with Crippen LogP contribution >= 0.6 is 0 Å². The molecular weight excluding hydrogens is 539 g/mol. The van der Waals surface area contributed by atoms with Crippen LogP contribution in [-0.4, -0.2) is 61.0 Å². The lowest BCUT2D eigenvalue weighted by atomic mass is 10.1. The molecule has 3 aromatic rings. The van der Waals surface area contributed by atoms with Crippen molar-refractivity contribution in [2.24, 2.45) is 0 Å². The van der Waals surface area contributed by atoms with Gasteiger partial charge in [-0.3, -0.25) is 0 Å². The van der Waals surface area contributed by atoms with Gasteiger partial charge in [-0.25, -0.2) is 14.0 Å². The summed E-state index contributed by atoms with van der Waals surface area (Å²) in [7, 11) is 0. The van der Waals surface area contributed by atoms with Crippen LogP contribution in [0.3, 0.4) is 0 Å². The number of carbonyl (C=O) groups excluding carboxylic acids is 1. The fraction of sp³-hybridized carbons (Fsp3) is 0.394. The van der Waals surface area contributed by atoms with Crippen LogP contribution in [0.15, 0.2) is 66.7 Å². The minimum Gasteiger partial charge on any atom is -0.492 e. The number of fused-ring (bicyclic) bond motifs is 1. The number of urea groups is 1. The number of carboxylic acid groups (broad SMARTS) is 1. The number of hydrogen-bond acceptors (Lipinski definition) is 5. The first-order chi connectivity index (χ1) is 20.4. The lowest BCUT2D eigenvalue weighted by molar-refractivity contribution is -0.149. The average molecular weight is 579 g/mol. The Kier molecular flexibility index (Phi) is 11.7. The summed E-state index contributed by atoms with van der Waals surface area (Å²) in [5.74, 6) is -0.643.